The molecule has 26 heavy (non-hydrogen) atoms. The molecule has 2 aliphatic rings. The maximum absolute atomic E-state index is 13.5. The highest BCUT2D eigenvalue weighted by Crippen LogP contribution is 2.25. The van der Waals surface area contributed by atoms with Crippen LogP contribution in [-0.2, 0) is 11.3 Å². The van der Waals surface area contributed by atoms with Crippen LogP contribution in [0, 0.1) is 5.82 Å². The van der Waals surface area contributed by atoms with Gasteiger partial charge in [0.15, 0.2) is 0 Å². The molecule has 136 valence electrons. The molecule has 0 aliphatic carbocycles. The van der Waals surface area contributed by atoms with Crippen LogP contribution in [-0.4, -0.2) is 59.1 Å². The van der Waals surface area contributed by atoms with E-state index in [1.807, 2.05) is 17.0 Å². The Bertz CT molecular complexity index is 771. The number of nitrogens with zero attached hydrogens (tertiary/aromatic N) is 3. The van der Waals surface area contributed by atoms with Crippen molar-refractivity contribution in [3.05, 3.63) is 65.7 Å². The normalized spacial score (nSPS) is 23.5. The molecule has 1 amide bonds. The van der Waals surface area contributed by atoms with Crippen molar-refractivity contribution in [2.24, 2.45) is 0 Å². The van der Waals surface area contributed by atoms with Gasteiger partial charge in [0.2, 0.25) is 0 Å². The van der Waals surface area contributed by atoms with Crippen LogP contribution in [0.3, 0.4) is 0 Å². The summed E-state index contributed by atoms with van der Waals surface area (Å²) in [6.07, 6.45) is 4.54. The van der Waals surface area contributed by atoms with Gasteiger partial charge >= 0.3 is 0 Å². The molecule has 4 rings (SSSR count). The summed E-state index contributed by atoms with van der Waals surface area (Å²) >= 11 is 0. The second kappa shape index (κ2) is 7.51. The van der Waals surface area contributed by atoms with Gasteiger partial charge in [0, 0.05) is 44.1 Å². The minimum atomic E-state index is -0.383. The monoisotopic (exact) mass is 355 g/mol. The zero-order valence-corrected chi connectivity index (χ0v) is 14.6. The SMILES string of the molecule is O=C(c1cccc(F)c1)N1CC[C@H]2OCCN(Cc3ccncc3)[C@@H]2C1. The van der Waals surface area contributed by atoms with Crippen LogP contribution >= 0.6 is 0 Å². The smallest absolute Gasteiger partial charge is 0.254 e. The fourth-order valence-corrected chi connectivity index (χ4v) is 3.85. The quantitative estimate of drug-likeness (QED) is 0.848. The summed E-state index contributed by atoms with van der Waals surface area (Å²) in [4.78, 5) is 21.1. The first-order chi connectivity index (χ1) is 12.7. The number of benzene rings is 1. The van der Waals surface area contributed by atoms with E-state index in [-0.39, 0.29) is 23.9 Å². The third-order valence-corrected chi connectivity index (χ3v) is 5.19. The number of fused-ring (bicyclic) bond motifs is 1. The Morgan fingerprint density at radius 3 is 2.88 bits per heavy atom. The predicted molar refractivity (Wildman–Crippen MR) is 95.1 cm³/mol. The fourth-order valence-electron chi connectivity index (χ4n) is 3.85. The van der Waals surface area contributed by atoms with E-state index in [1.54, 1.807) is 24.5 Å². The number of amides is 1. The average Bonchev–Trinajstić information content (AvgIpc) is 2.68. The number of hydrogen-bond donors (Lipinski definition) is 0. The number of morpholine rings is 1. The van der Waals surface area contributed by atoms with Gasteiger partial charge in [-0.1, -0.05) is 6.07 Å². The van der Waals surface area contributed by atoms with Gasteiger partial charge in [0.25, 0.3) is 5.91 Å². The van der Waals surface area contributed by atoms with Gasteiger partial charge < -0.3 is 9.64 Å². The first-order valence-corrected chi connectivity index (χ1v) is 9.00. The summed E-state index contributed by atoms with van der Waals surface area (Å²) in [5.41, 5.74) is 1.61. The number of carbonyl (C=O) groups excluding carboxylic acids is 1. The molecule has 0 spiro atoms. The molecule has 0 unspecified atom stereocenters. The number of piperidine rings is 1. The number of aromatic nitrogens is 1. The maximum atomic E-state index is 13.5. The lowest BCUT2D eigenvalue weighted by atomic mass is 9.97. The van der Waals surface area contributed by atoms with Crippen molar-refractivity contribution >= 4 is 5.91 Å². The second-order valence-corrected chi connectivity index (χ2v) is 6.85. The van der Waals surface area contributed by atoms with Crippen LogP contribution in [0.1, 0.15) is 22.3 Å². The highest BCUT2D eigenvalue weighted by molar-refractivity contribution is 5.94. The Morgan fingerprint density at radius 1 is 1.23 bits per heavy atom. The summed E-state index contributed by atoms with van der Waals surface area (Å²) in [7, 11) is 0. The lowest BCUT2D eigenvalue weighted by Crippen LogP contribution is -2.60. The van der Waals surface area contributed by atoms with Crippen LogP contribution in [0.15, 0.2) is 48.8 Å². The van der Waals surface area contributed by atoms with E-state index >= 15 is 0 Å². The van der Waals surface area contributed by atoms with Crippen molar-refractivity contribution in [3.63, 3.8) is 0 Å². The van der Waals surface area contributed by atoms with E-state index in [0.29, 0.717) is 25.3 Å². The van der Waals surface area contributed by atoms with Crippen molar-refractivity contribution in [2.45, 2.75) is 25.1 Å². The molecular weight excluding hydrogens is 333 g/mol. The lowest BCUT2D eigenvalue weighted by molar-refractivity contribution is -0.101. The Hall–Kier alpha value is -2.31. The van der Waals surface area contributed by atoms with Gasteiger partial charge in [-0.05, 0) is 42.3 Å². The molecule has 2 saturated heterocycles. The number of pyridine rings is 1. The van der Waals surface area contributed by atoms with Gasteiger partial charge in [-0.25, -0.2) is 4.39 Å². The van der Waals surface area contributed by atoms with Crippen molar-refractivity contribution in [3.8, 4) is 0 Å². The molecule has 5 nitrogen and oxygen atoms in total. The molecule has 1 aromatic carbocycles. The maximum Gasteiger partial charge on any atom is 0.254 e. The van der Waals surface area contributed by atoms with Crippen molar-refractivity contribution in [1.29, 1.82) is 0 Å². The molecule has 2 atom stereocenters. The Balaban J connectivity index is 1.49. The van der Waals surface area contributed by atoms with E-state index in [9.17, 15) is 9.18 Å². The number of rotatable bonds is 3. The molecule has 0 saturated carbocycles. The average molecular weight is 355 g/mol. The van der Waals surface area contributed by atoms with Crippen molar-refractivity contribution < 1.29 is 13.9 Å². The zero-order chi connectivity index (χ0) is 17.9. The zero-order valence-electron chi connectivity index (χ0n) is 14.6. The number of ether oxygens (including phenoxy) is 1. The van der Waals surface area contributed by atoms with Crippen molar-refractivity contribution in [2.75, 3.05) is 26.2 Å². The number of halogens is 1. The molecule has 2 aliphatic heterocycles. The summed E-state index contributed by atoms with van der Waals surface area (Å²) in [5.74, 6) is -0.497. The molecular formula is C20H22FN3O2. The van der Waals surface area contributed by atoms with Crippen LogP contribution in [0.2, 0.25) is 0 Å². The first-order valence-electron chi connectivity index (χ1n) is 9.00. The summed E-state index contributed by atoms with van der Waals surface area (Å²) < 4.78 is 19.4. The number of likely N-dealkylation sites (tertiary alicyclic amines) is 1. The third kappa shape index (κ3) is 3.61. The molecule has 0 bridgehead atoms. The van der Waals surface area contributed by atoms with Gasteiger partial charge in [-0.2, -0.15) is 0 Å². The summed E-state index contributed by atoms with van der Waals surface area (Å²) in [5, 5.41) is 0. The van der Waals surface area contributed by atoms with Crippen LogP contribution in [0.4, 0.5) is 4.39 Å². The lowest BCUT2D eigenvalue weighted by Gasteiger charge is -2.47. The highest BCUT2D eigenvalue weighted by atomic mass is 19.1. The Kier molecular flexibility index (Phi) is 4.95. The van der Waals surface area contributed by atoms with Gasteiger partial charge in [0.05, 0.1) is 18.8 Å². The molecule has 1 aromatic heterocycles. The summed E-state index contributed by atoms with van der Waals surface area (Å²) in [6, 6.07) is 10.1. The molecule has 3 heterocycles. The minimum Gasteiger partial charge on any atom is -0.375 e. The first kappa shape index (κ1) is 17.1. The van der Waals surface area contributed by atoms with E-state index in [0.717, 1.165) is 19.5 Å². The van der Waals surface area contributed by atoms with Gasteiger partial charge in [-0.15, -0.1) is 0 Å². The number of hydrogen-bond acceptors (Lipinski definition) is 4. The van der Waals surface area contributed by atoms with E-state index < -0.39 is 0 Å². The Morgan fingerprint density at radius 2 is 2.08 bits per heavy atom. The largest absolute Gasteiger partial charge is 0.375 e. The highest BCUT2D eigenvalue weighted by Gasteiger charge is 2.38. The topological polar surface area (TPSA) is 45.7 Å². The Labute approximate surface area is 152 Å². The fraction of sp³-hybridized carbons (Fsp3) is 0.400. The third-order valence-electron chi connectivity index (χ3n) is 5.19. The van der Waals surface area contributed by atoms with Gasteiger partial charge in [-0.3, -0.25) is 14.7 Å². The minimum absolute atomic E-state index is 0.114. The summed E-state index contributed by atoms with van der Waals surface area (Å²) in [6.45, 7) is 3.61. The van der Waals surface area contributed by atoms with E-state index in [4.69, 9.17) is 4.74 Å². The standard InChI is InChI=1S/C20H22FN3O2/c21-17-3-1-2-16(12-17)20(25)24-9-6-19-18(14-24)23(10-11-26-19)13-15-4-7-22-8-5-15/h1-5,7-8,12,18-19H,6,9-11,13-14H2/t18-,19-/m1/s1. The second-order valence-electron chi connectivity index (χ2n) is 6.85. The van der Waals surface area contributed by atoms with Crippen molar-refractivity contribution in [1.82, 2.24) is 14.8 Å². The molecule has 0 radical (unpaired) electrons. The molecule has 0 N–H and O–H groups in total. The van der Waals surface area contributed by atoms with Crippen LogP contribution in [0.25, 0.3) is 0 Å². The molecule has 2 fully saturated rings. The molecule has 2 aromatic rings. The number of carbonyl (C=O) groups is 1. The van der Waals surface area contributed by atoms with E-state index in [1.165, 1.54) is 17.7 Å². The predicted octanol–water partition coefficient (Wildman–Crippen LogP) is 2.34. The van der Waals surface area contributed by atoms with Gasteiger partial charge in [0.1, 0.15) is 5.82 Å². The van der Waals surface area contributed by atoms with E-state index in [2.05, 4.69) is 9.88 Å². The molecule has 6 heteroatoms. The van der Waals surface area contributed by atoms with Crippen LogP contribution in [0.5, 0.6) is 0 Å². The van der Waals surface area contributed by atoms with Crippen LogP contribution < -0.4 is 0 Å².